The Bertz CT molecular complexity index is 743. The summed E-state index contributed by atoms with van der Waals surface area (Å²) in [5, 5.41) is 7.54. The molecule has 0 saturated heterocycles. The summed E-state index contributed by atoms with van der Waals surface area (Å²) in [6, 6.07) is 12.4. The highest BCUT2D eigenvalue weighted by molar-refractivity contribution is 6.30. The molecule has 0 spiro atoms. The van der Waals surface area contributed by atoms with Crippen LogP contribution in [0.25, 0.3) is 5.69 Å². The Morgan fingerprint density at radius 2 is 2.05 bits per heavy atom. The molecule has 4 nitrogen and oxygen atoms in total. The average molecular weight is 303 g/mol. The van der Waals surface area contributed by atoms with Gasteiger partial charge in [0.2, 0.25) is 0 Å². The van der Waals surface area contributed by atoms with Crippen LogP contribution in [-0.2, 0) is 6.54 Å². The molecule has 3 rings (SSSR count). The number of anilines is 1. The smallest absolute Gasteiger partial charge is 0.141 e. The fraction of sp³-hybridized carbons (Fsp3) is 0.0667. The lowest BCUT2D eigenvalue weighted by molar-refractivity contribution is 0.627. The number of benzene rings is 2. The van der Waals surface area contributed by atoms with E-state index in [-0.39, 0.29) is 5.02 Å². The summed E-state index contributed by atoms with van der Waals surface area (Å²) in [5.74, 6) is -0.413. The largest absolute Gasteiger partial charge is 0.379 e. The molecular weight excluding hydrogens is 291 g/mol. The van der Waals surface area contributed by atoms with Gasteiger partial charge < -0.3 is 5.32 Å². The van der Waals surface area contributed by atoms with E-state index in [1.54, 1.807) is 23.1 Å². The summed E-state index contributed by atoms with van der Waals surface area (Å²) < 4.78 is 14.8. The highest BCUT2D eigenvalue weighted by Crippen LogP contribution is 2.21. The van der Waals surface area contributed by atoms with E-state index in [1.165, 1.54) is 12.4 Å². The molecule has 0 aliphatic rings. The summed E-state index contributed by atoms with van der Waals surface area (Å²) in [4.78, 5) is 3.94. The molecule has 1 aromatic heterocycles. The normalized spacial score (nSPS) is 10.6. The summed E-state index contributed by atoms with van der Waals surface area (Å²) in [5.41, 5.74) is 2.70. The monoisotopic (exact) mass is 302 g/mol. The number of para-hydroxylation sites is 2. The maximum Gasteiger partial charge on any atom is 0.141 e. The van der Waals surface area contributed by atoms with Crippen LogP contribution in [-0.4, -0.2) is 14.8 Å². The molecule has 0 bridgehead atoms. The quantitative estimate of drug-likeness (QED) is 0.799. The number of aromatic nitrogens is 3. The topological polar surface area (TPSA) is 42.7 Å². The van der Waals surface area contributed by atoms with Crippen LogP contribution in [0.5, 0.6) is 0 Å². The Balaban J connectivity index is 1.81. The van der Waals surface area contributed by atoms with E-state index in [1.807, 2.05) is 24.3 Å². The molecule has 0 saturated carbocycles. The van der Waals surface area contributed by atoms with Gasteiger partial charge in [0.05, 0.1) is 16.4 Å². The third kappa shape index (κ3) is 3.03. The predicted octanol–water partition coefficient (Wildman–Crippen LogP) is 3.67. The van der Waals surface area contributed by atoms with Crippen LogP contribution in [0, 0.1) is 5.82 Å². The van der Waals surface area contributed by atoms with E-state index < -0.39 is 5.82 Å². The van der Waals surface area contributed by atoms with Gasteiger partial charge in [-0.25, -0.2) is 14.1 Å². The fourth-order valence-corrected chi connectivity index (χ4v) is 2.21. The van der Waals surface area contributed by atoms with Gasteiger partial charge in [-0.1, -0.05) is 29.8 Å². The van der Waals surface area contributed by atoms with Crippen LogP contribution in [0.2, 0.25) is 5.02 Å². The van der Waals surface area contributed by atoms with Gasteiger partial charge in [-0.2, -0.15) is 5.10 Å². The number of rotatable bonds is 4. The van der Waals surface area contributed by atoms with E-state index >= 15 is 0 Å². The van der Waals surface area contributed by atoms with Gasteiger partial charge in [0.1, 0.15) is 18.5 Å². The first kappa shape index (κ1) is 13.6. The van der Waals surface area contributed by atoms with Gasteiger partial charge in [-0.05, 0) is 29.8 Å². The molecule has 1 heterocycles. The van der Waals surface area contributed by atoms with Crippen molar-refractivity contribution in [2.45, 2.75) is 6.54 Å². The van der Waals surface area contributed by atoms with Crippen LogP contribution in [0.15, 0.2) is 55.1 Å². The molecule has 1 N–H and O–H groups in total. The highest BCUT2D eigenvalue weighted by atomic mass is 35.5. The average Bonchev–Trinajstić information content (AvgIpc) is 3.03. The Hall–Kier alpha value is -2.40. The Kier molecular flexibility index (Phi) is 3.83. The number of nitrogens with one attached hydrogen (secondary N) is 1. The minimum Gasteiger partial charge on any atom is -0.379 e. The van der Waals surface area contributed by atoms with Crippen molar-refractivity contribution < 1.29 is 4.39 Å². The molecule has 0 radical (unpaired) electrons. The lowest BCUT2D eigenvalue weighted by Gasteiger charge is -2.12. The van der Waals surface area contributed by atoms with Crippen molar-refractivity contribution in [1.82, 2.24) is 14.8 Å². The number of hydrogen-bond acceptors (Lipinski definition) is 3. The third-order valence-corrected chi connectivity index (χ3v) is 3.33. The minimum absolute atomic E-state index is 0.124. The predicted molar refractivity (Wildman–Crippen MR) is 80.1 cm³/mol. The van der Waals surface area contributed by atoms with Crippen molar-refractivity contribution in [2.24, 2.45) is 0 Å². The van der Waals surface area contributed by atoms with Crippen LogP contribution >= 0.6 is 11.6 Å². The van der Waals surface area contributed by atoms with E-state index in [0.29, 0.717) is 6.54 Å². The first-order valence-corrected chi connectivity index (χ1v) is 6.73. The van der Waals surface area contributed by atoms with Crippen molar-refractivity contribution in [1.29, 1.82) is 0 Å². The molecule has 0 fully saturated rings. The summed E-state index contributed by atoms with van der Waals surface area (Å²) in [6.45, 7) is 0.533. The molecule has 0 aliphatic heterocycles. The lowest BCUT2D eigenvalue weighted by Crippen LogP contribution is -2.05. The van der Waals surface area contributed by atoms with Gasteiger partial charge in [0.15, 0.2) is 0 Å². The molecule has 0 atom stereocenters. The maximum absolute atomic E-state index is 13.1. The molecule has 21 heavy (non-hydrogen) atoms. The van der Waals surface area contributed by atoms with Crippen molar-refractivity contribution in [3.63, 3.8) is 0 Å². The third-order valence-electron chi connectivity index (χ3n) is 3.04. The second-order valence-electron chi connectivity index (χ2n) is 4.46. The molecule has 0 unspecified atom stereocenters. The number of hydrogen-bond donors (Lipinski definition) is 1. The van der Waals surface area contributed by atoms with Crippen LogP contribution in [0.4, 0.5) is 10.1 Å². The van der Waals surface area contributed by atoms with Gasteiger partial charge >= 0.3 is 0 Å². The van der Waals surface area contributed by atoms with Gasteiger partial charge in [-0.15, -0.1) is 0 Å². The first-order chi connectivity index (χ1) is 10.2. The van der Waals surface area contributed by atoms with Gasteiger partial charge in [-0.3, -0.25) is 0 Å². The SMILES string of the molecule is Fc1ccc(CNc2ccccc2-n2cncn2)cc1Cl. The second-order valence-corrected chi connectivity index (χ2v) is 4.87. The van der Waals surface area contributed by atoms with E-state index in [0.717, 1.165) is 16.9 Å². The summed E-state index contributed by atoms with van der Waals surface area (Å²) in [7, 11) is 0. The van der Waals surface area contributed by atoms with Gasteiger partial charge in [0, 0.05) is 6.54 Å². The number of nitrogens with zero attached hydrogens (tertiary/aromatic N) is 3. The zero-order valence-electron chi connectivity index (χ0n) is 11.0. The molecule has 3 aromatic rings. The maximum atomic E-state index is 13.1. The molecular formula is C15H12ClFN4. The highest BCUT2D eigenvalue weighted by Gasteiger charge is 2.05. The molecule has 6 heteroatoms. The lowest BCUT2D eigenvalue weighted by atomic mass is 10.2. The zero-order chi connectivity index (χ0) is 14.7. The Morgan fingerprint density at radius 1 is 1.19 bits per heavy atom. The van der Waals surface area contributed by atoms with E-state index in [4.69, 9.17) is 11.6 Å². The van der Waals surface area contributed by atoms with Crippen LogP contribution < -0.4 is 5.32 Å². The summed E-state index contributed by atoms with van der Waals surface area (Å²) in [6.07, 6.45) is 3.12. The minimum atomic E-state index is -0.413. The summed E-state index contributed by atoms with van der Waals surface area (Å²) >= 11 is 5.78. The zero-order valence-corrected chi connectivity index (χ0v) is 11.8. The van der Waals surface area contributed by atoms with E-state index in [2.05, 4.69) is 15.4 Å². The number of halogens is 2. The molecule has 106 valence electrons. The van der Waals surface area contributed by atoms with Crippen molar-refractivity contribution in [3.05, 3.63) is 71.5 Å². The first-order valence-electron chi connectivity index (χ1n) is 6.36. The standard InChI is InChI=1S/C15H12ClFN4/c16-12-7-11(5-6-13(12)17)8-19-14-3-1-2-4-15(14)21-10-18-9-20-21/h1-7,9-10,19H,8H2. The molecule has 0 aliphatic carbocycles. The molecule has 2 aromatic carbocycles. The van der Waals surface area contributed by atoms with Gasteiger partial charge in [0.25, 0.3) is 0 Å². The van der Waals surface area contributed by atoms with Crippen LogP contribution in [0.1, 0.15) is 5.56 Å². The van der Waals surface area contributed by atoms with Crippen molar-refractivity contribution in [3.8, 4) is 5.69 Å². The van der Waals surface area contributed by atoms with Crippen LogP contribution in [0.3, 0.4) is 0 Å². The van der Waals surface area contributed by atoms with Crippen molar-refractivity contribution >= 4 is 17.3 Å². The second kappa shape index (κ2) is 5.93. The fourth-order valence-electron chi connectivity index (χ4n) is 2.00. The van der Waals surface area contributed by atoms with Crippen molar-refractivity contribution in [2.75, 3.05) is 5.32 Å². The Labute approximate surface area is 126 Å². The Morgan fingerprint density at radius 3 is 2.81 bits per heavy atom. The molecule has 0 amide bonds. The van der Waals surface area contributed by atoms with E-state index in [9.17, 15) is 4.39 Å².